The Balaban J connectivity index is 1.80. The van der Waals surface area contributed by atoms with Gasteiger partial charge in [-0.15, -0.1) is 0 Å². The summed E-state index contributed by atoms with van der Waals surface area (Å²) in [5, 5.41) is 1.19. The lowest BCUT2D eigenvalue weighted by atomic mass is 10.2. The van der Waals surface area contributed by atoms with Gasteiger partial charge in [0.15, 0.2) is 17.1 Å². The Morgan fingerprint density at radius 2 is 1.96 bits per heavy atom. The molecule has 0 saturated carbocycles. The number of methoxy groups -OCH3 is 1. The third-order valence-electron chi connectivity index (χ3n) is 3.83. The standard InChI is InChI=1S/C18H14ClN3O2/c1-23-15-8-14-13(18(19)21-17-9-20-11-22(14)17)7-16(15)24-10-12-5-3-2-4-6-12/h2-9,11H,10H2,1H3. The summed E-state index contributed by atoms with van der Waals surface area (Å²) in [7, 11) is 1.62. The lowest BCUT2D eigenvalue weighted by molar-refractivity contribution is 0.285. The molecule has 2 aromatic heterocycles. The molecule has 0 unspecified atom stereocenters. The fourth-order valence-corrected chi connectivity index (χ4v) is 2.88. The van der Waals surface area contributed by atoms with Gasteiger partial charge in [-0.05, 0) is 11.6 Å². The molecule has 120 valence electrons. The predicted octanol–water partition coefficient (Wildman–Crippen LogP) is 4.12. The predicted molar refractivity (Wildman–Crippen MR) is 92.8 cm³/mol. The number of hydrogen-bond acceptors (Lipinski definition) is 4. The molecule has 2 heterocycles. The van der Waals surface area contributed by atoms with Crippen molar-refractivity contribution in [1.29, 1.82) is 0 Å². The number of rotatable bonds is 4. The Morgan fingerprint density at radius 3 is 2.75 bits per heavy atom. The van der Waals surface area contributed by atoms with Crippen molar-refractivity contribution >= 4 is 28.2 Å². The van der Waals surface area contributed by atoms with Crippen LogP contribution in [0.5, 0.6) is 11.5 Å². The Bertz CT molecular complexity index is 1020. The monoisotopic (exact) mass is 339 g/mol. The summed E-state index contributed by atoms with van der Waals surface area (Å²) in [5.41, 5.74) is 2.63. The second-order valence-electron chi connectivity index (χ2n) is 5.32. The molecule has 4 aromatic rings. The highest BCUT2D eigenvalue weighted by Gasteiger charge is 2.13. The van der Waals surface area contributed by atoms with Gasteiger partial charge in [0.05, 0.1) is 18.8 Å². The number of fused-ring (bicyclic) bond motifs is 3. The number of nitrogens with zero attached hydrogens (tertiary/aromatic N) is 3. The van der Waals surface area contributed by atoms with Crippen molar-refractivity contribution in [3.8, 4) is 11.5 Å². The maximum atomic E-state index is 6.33. The van der Waals surface area contributed by atoms with E-state index in [0.29, 0.717) is 28.9 Å². The van der Waals surface area contributed by atoms with E-state index < -0.39 is 0 Å². The number of benzene rings is 2. The van der Waals surface area contributed by atoms with Crippen LogP contribution in [0, 0.1) is 0 Å². The van der Waals surface area contributed by atoms with E-state index in [9.17, 15) is 0 Å². The number of halogens is 1. The average Bonchev–Trinajstić information content (AvgIpc) is 3.08. The van der Waals surface area contributed by atoms with Gasteiger partial charge < -0.3 is 9.47 Å². The molecular weight excluding hydrogens is 326 g/mol. The molecule has 0 atom stereocenters. The number of aromatic nitrogens is 3. The Morgan fingerprint density at radius 1 is 1.12 bits per heavy atom. The molecule has 4 rings (SSSR count). The molecule has 5 nitrogen and oxygen atoms in total. The van der Waals surface area contributed by atoms with Gasteiger partial charge in [0, 0.05) is 11.5 Å². The summed E-state index contributed by atoms with van der Waals surface area (Å²) in [4.78, 5) is 8.46. The average molecular weight is 340 g/mol. The summed E-state index contributed by atoms with van der Waals surface area (Å²) >= 11 is 6.33. The van der Waals surface area contributed by atoms with Crippen molar-refractivity contribution in [2.45, 2.75) is 6.61 Å². The molecule has 0 radical (unpaired) electrons. The first-order valence-corrected chi connectivity index (χ1v) is 7.80. The molecule has 0 aliphatic rings. The molecule has 0 aliphatic heterocycles. The largest absolute Gasteiger partial charge is 0.493 e. The summed E-state index contributed by atoms with van der Waals surface area (Å²) in [5.74, 6) is 1.26. The van der Waals surface area contributed by atoms with Crippen LogP contribution in [0.2, 0.25) is 5.15 Å². The quantitative estimate of drug-likeness (QED) is 0.525. The summed E-state index contributed by atoms with van der Waals surface area (Å²) in [6.45, 7) is 0.446. The van der Waals surface area contributed by atoms with Gasteiger partial charge in [-0.2, -0.15) is 0 Å². The van der Waals surface area contributed by atoms with Crippen molar-refractivity contribution in [2.75, 3.05) is 7.11 Å². The normalized spacial score (nSPS) is 11.1. The third-order valence-corrected chi connectivity index (χ3v) is 4.12. The molecule has 0 bridgehead atoms. The van der Waals surface area contributed by atoms with E-state index in [1.165, 1.54) is 0 Å². The van der Waals surface area contributed by atoms with Crippen molar-refractivity contribution in [2.24, 2.45) is 0 Å². The van der Waals surface area contributed by atoms with Crippen molar-refractivity contribution in [1.82, 2.24) is 14.4 Å². The van der Waals surface area contributed by atoms with E-state index in [4.69, 9.17) is 21.1 Å². The first-order valence-electron chi connectivity index (χ1n) is 7.42. The Hall–Kier alpha value is -2.79. The summed E-state index contributed by atoms with van der Waals surface area (Å²) in [6.07, 6.45) is 3.36. The minimum Gasteiger partial charge on any atom is -0.493 e. The highest BCUT2D eigenvalue weighted by atomic mass is 35.5. The van der Waals surface area contributed by atoms with E-state index in [0.717, 1.165) is 16.5 Å². The number of ether oxygens (including phenoxy) is 2. The molecule has 24 heavy (non-hydrogen) atoms. The van der Waals surface area contributed by atoms with E-state index in [2.05, 4.69) is 9.97 Å². The van der Waals surface area contributed by atoms with Gasteiger partial charge in [-0.3, -0.25) is 4.40 Å². The van der Waals surface area contributed by atoms with Gasteiger partial charge in [0.25, 0.3) is 0 Å². The molecular formula is C18H14ClN3O2. The van der Waals surface area contributed by atoms with Crippen LogP contribution in [0.25, 0.3) is 16.6 Å². The van der Waals surface area contributed by atoms with Gasteiger partial charge in [0.2, 0.25) is 0 Å². The van der Waals surface area contributed by atoms with Crippen LogP contribution in [-0.4, -0.2) is 21.5 Å². The summed E-state index contributed by atoms with van der Waals surface area (Å²) in [6, 6.07) is 13.7. The van der Waals surface area contributed by atoms with Gasteiger partial charge in [-0.25, -0.2) is 9.97 Å². The maximum Gasteiger partial charge on any atom is 0.162 e. The minimum absolute atomic E-state index is 0.408. The lowest BCUT2D eigenvalue weighted by Gasteiger charge is -2.13. The SMILES string of the molecule is COc1cc2c(cc1OCc1ccccc1)c(Cl)nc1cncn12. The maximum absolute atomic E-state index is 6.33. The highest BCUT2D eigenvalue weighted by molar-refractivity contribution is 6.34. The number of hydrogen-bond donors (Lipinski definition) is 0. The molecule has 0 aliphatic carbocycles. The van der Waals surface area contributed by atoms with Crippen LogP contribution in [0.3, 0.4) is 0 Å². The first-order chi connectivity index (χ1) is 11.8. The second-order valence-corrected chi connectivity index (χ2v) is 5.68. The fraction of sp³-hybridized carbons (Fsp3) is 0.111. The summed E-state index contributed by atoms with van der Waals surface area (Å²) < 4.78 is 13.3. The highest BCUT2D eigenvalue weighted by Crippen LogP contribution is 2.35. The van der Waals surface area contributed by atoms with E-state index in [-0.39, 0.29) is 0 Å². The molecule has 6 heteroatoms. The molecule has 2 aromatic carbocycles. The van der Waals surface area contributed by atoms with E-state index in [1.54, 1.807) is 19.6 Å². The molecule has 0 fully saturated rings. The smallest absolute Gasteiger partial charge is 0.162 e. The minimum atomic E-state index is 0.408. The first kappa shape index (κ1) is 14.8. The zero-order valence-electron chi connectivity index (χ0n) is 12.9. The van der Waals surface area contributed by atoms with Crippen molar-refractivity contribution in [3.63, 3.8) is 0 Å². The van der Waals surface area contributed by atoms with E-state index >= 15 is 0 Å². The third kappa shape index (κ3) is 2.53. The fourth-order valence-electron chi connectivity index (χ4n) is 2.64. The van der Waals surface area contributed by atoms with Gasteiger partial charge in [0.1, 0.15) is 18.1 Å². The lowest BCUT2D eigenvalue weighted by Crippen LogP contribution is -1.99. The second kappa shape index (κ2) is 6.02. The van der Waals surface area contributed by atoms with Crippen LogP contribution >= 0.6 is 11.6 Å². The van der Waals surface area contributed by atoms with Crippen LogP contribution in [-0.2, 0) is 6.61 Å². The van der Waals surface area contributed by atoms with Crippen molar-refractivity contribution < 1.29 is 9.47 Å². The topological polar surface area (TPSA) is 48.7 Å². The zero-order valence-corrected chi connectivity index (χ0v) is 13.7. The molecule has 0 amide bonds. The van der Waals surface area contributed by atoms with Crippen LogP contribution in [0.15, 0.2) is 55.0 Å². The number of imidazole rings is 1. The Kier molecular flexibility index (Phi) is 3.70. The molecule has 0 spiro atoms. The van der Waals surface area contributed by atoms with Gasteiger partial charge >= 0.3 is 0 Å². The van der Waals surface area contributed by atoms with Crippen molar-refractivity contribution in [3.05, 3.63) is 65.7 Å². The van der Waals surface area contributed by atoms with Crippen LogP contribution < -0.4 is 9.47 Å². The zero-order chi connectivity index (χ0) is 16.5. The van der Waals surface area contributed by atoms with E-state index in [1.807, 2.05) is 46.9 Å². The van der Waals surface area contributed by atoms with Gasteiger partial charge in [-0.1, -0.05) is 41.9 Å². The molecule has 0 N–H and O–H groups in total. The van der Waals surface area contributed by atoms with Crippen LogP contribution in [0.4, 0.5) is 0 Å². The Labute approximate surface area is 143 Å². The molecule has 0 saturated heterocycles. The van der Waals surface area contributed by atoms with Crippen LogP contribution in [0.1, 0.15) is 5.56 Å².